The summed E-state index contributed by atoms with van der Waals surface area (Å²) in [5, 5.41) is 5.09. The predicted molar refractivity (Wildman–Crippen MR) is 86.2 cm³/mol. The standard InChI is InChI=1S/C17H17ClF2N2O/c1-10(12-6-7-15(19)16(20)8-12)21-11(2)17(23)22-14-5-3-4-13(18)9-14/h3-11,21H,1-2H3,(H,22,23)/p+1/t10-,11+/m1/s1. The summed E-state index contributed by atoms with van der Waals surface area (Å²) < 4.78 is 26.2. The van der Waals surface area contributed by atoms with Crippen LogP contribution in [0.4, 0.5) is 14.5 Å². The highest BCUT2D eigenvalue weighted by Crippen LogP contribution is 2.15. The van der Waals surface area contributed by atoms with E-state index < -0.39 is 17.7 Å². The molecule has 0 bridgehead atoms. The molecule has 23 heavy (non-hydrogen) atoms. The molecule has 2 atom stereocenters. The summed E-state index contributed by atoms with van der Waals surface area (Å²) in [4.78, 5) is 12.2. The number of rotatable bonds is 5. The molecule has 122 valence electrons. The highest BCUT2D eigenvalue weighted by Gasteiger charge is 2.21. The minimum Gasteiger partial charge on any atom is -0.330 e. The number of amides is 1. The second-order valence-corrected chi connectivity index (χ2v) is 5.88. The Morgan fingerprint density at radius 3 is 2.52 bits per heavy atom. The average Bonchev–Trinajstić information content (AvgIpc) is 2.49. The number of halogens is 3. The van der Waals surface area contributed by atoms with Gasteiger partial charge in [0, 0.05) is 16.3 Å². The first-order chi connectivity index (χ1) is 10.9. The van der Waals surface area contributed by atoms with E-state index in [4.69, 9.17) is 11.6 Å². The quantitative estimate of drug-likeness (QED) is 0.863. The third-order valence-electron chi connectivity index (χ3n) is 3.55. The first kappa shape index (κ1) is 17.4. The van der Waals surface area contributed by atoms with Crippen molar-refractivity contribution < 1.29 is 18.9 Å². The Morgan fingerprint density at radius 1 is 1.13 bits per heavy atom. The van der Waals surface area contributed by atoms with Gasteiger partial charge in [-0.3, -0.25) is 4.79 Å². The van der Waals surface area contributed by atoms with Crippen LogP contribution < -0.4 is 10.6 Å². The second kappa shape index (κ2) is 7.53. The fourth-order valence-corrected chi connectivity index (χ4v) is 2.44. The summed E-state index contributed by atoms with van der Waals surface area (Å²) in [6.07, 6.45) is 0. The third kappa shape index (κ3) is 4.74. The van der Waals surface area contributed by atoms with Crippen molar-refractivity contribution in [2.24, 2.45) is 0 Å². The highest BCUT2D eigenvalue weighted by atomic mass is 35.5. The van der Waals surface area contributed by atoms with Crippen LogP contribution in [0, 0.1) is 11.6 Å². The van der Waals surface area contributed by atoms with Gasteiger partial charge in [-0.05, 0) is 50.2 Å². The van der Waals surface area contributed by atoms with E-state index in [1.54, 1.807) is 36.5 Å². The molecule has 1 amide bonds. The summed E-state index contributed by atoms with van der Waals surface area (Å²) in [5.74, 6) is -1.96. The topological polar surface area (TPSA) is 45.7 Å². The highest BCUT2D eigenvalue weighted by molar-refractivity contribution is 6.30. The Labute approximate surface area is 138 Å². The van der Waals surface area contributed by atoms with Crippen LogP contribution in [0.2, 0.25) is 5.02 Å². The molecular formula is C17H18ClF2N2O+. The van der Waals surface area contributed by atoms with Crippen LogP contribution in [-0.4, -0.2) is 11.9 Å². The molecule has 0 fully saturated rings. The van der Waals surface area contributed by atoms with Gasteiger partial charge in [-0.2, -0.15) is 0 Å². The maximum Gasteiger partial charge on any atom is 0.282 e. The zero-order valence-corrected chi connectivity index (χ0v) is 13.6. The van der Waals surface area contributed by atoms with Crippen LogP contribution in [0.5, 0.6) is 0 Å². The normalized spacial score (nSPS) is 13.4. The van der Waals surface area contributed by atoms with E-state index in [9.17, 15) is 13.6 Å². The largest absolute Gasteiger partial charge is 0.330 e. The van der Waals surface area contributed by atoms with Gasteiger partial charge in [-0.15, -0.1) is 0 Å². The molecule has 0 aliphatic carbocycles. The van der Waals surface area contributed by atoms with Gasteiger partial charge in [-0.1, -0.05) is 17.7 Å². The number of nitrogens with two attached hydrogens (primary N) is 1. The van der Waals surface area contributed by atoms with Crippen LogP contribution in [0.15, 0.2) is 42.5 Å². The van der Waals surface area contributed by atoms with Crippen molar-refractivity contribution in [1.29, 1.82) is 0 Å². The lowest BCUT2D eigenvalue weighted by atomic mass is 10.1. The second-order valence-electron chi connectivity index (χ2n) is 5.44. The van der Waals surface area contributed by atoms with Gasteiger partial charge in [0.1, 0.15) is 6.04 Å². The molecule has 6 heteroatoms. The zero-order valence-electron chi connectivity index (χ0n) is 12.8. The molecule has 0 radical (unpaired) electrons. The van der Waals surface area contributed by atoms with E-state index in [2.05, 4.69) is 5.32 Å². The van der Waals surface area contributed by atoms with E-state index in [0.29, 0.717) is 16.3 Å². The Morgan fingerprint density at radius 2 is 1.87 bits per heavy atom. The van der Waals surface area contributed by atoms with Crippen molar-refractivity contribution in [1.82, 2.24) is 0 Å². The number of benzene rings is 2. The van der Waals surface area contributed by atoms with E-state index in [1.165, 1.54) is 6.07 Å². The molecule has 0 unspecified atom stereocenters. The molecule has 0 aromatic heterocycles. The maximum absolute atomic E-state index is 13.3. The minimum absolute atomic E-state index is 0.190. The Balaban J connectivity index is 1.98. The number of hydrogen-bond acceptors (Lipinski definition) is 1. The van der Waals surface area contributed by atoms with Gasteiger partial charge in [0.25, 0.3) is 5.91 Å². The van der Waals surface area contributed by atoms with Gasteiger partial charge in [0.05, 0.1) is 0 Å². The lowest BCUT2D eigenvalue weighted by molar-refractivity contribution is -0.709. The monoisotopic (exact) mass is 339 g/mol. The van der Waals surface area contributed by atoms with Gasteiger partial charge >= 0.3 is 0 Å². The zero-order chi connectivity index (χ0) is 17.0. The molecule has 0 saturated heterocycles. The van der Waals surface area contributed by atoms with Gasteiger partial charge in [0.2, 0.25) is 0 Å². The molecule has 2 aromatic rings. The van der Waals surface area contributed by atoms with Crippen molar-refractivity contribution in [3.8, 4) is 0 Å². The number of hydrogen-bond donors (Lipinski definition) is 2. The molecule has 2 rings (SSSR count). The van der Waals surface area contributed by atoms with Gasteiger partial charge in [0.15, 0.2) is 17.7 Å². The van der Waals surface area contributed by atoms with Crippen molar-refractivity contribution in [3.63, 3.8) is 0 Å². The number of anilines is 1. The molecule has 3 nitrogen and oxygen atoms in total. The molecular weight excluding hydrogens is 322 g/mol. The lowest BCUT2D eigenvalue weighted by Crippen LogP contribution is -2.91. The number of carbonyl (C=O) groups is 1. The van der Waals surface area contributed by atoms with E-state index in [1.807, 2.05) is 6.92 Å². The Kier molecular flexibility index (Phi) is 5.69. The maximum atomic E-state index is 13.3. The van der Waals surface area contributed by atoms with E-state index in [0.717, 1.165) is 12.1 Å². The summed E-state index contributed by atoms with van der Waals surface area (Å²) >= 11 is 5.87. The van der Waals surface area contributed by atoms with Gasteiger partial charge < -0.3 is 10.6 Å². The number of nitrogens with one attached hydrogen (secondary N) is 1. The molecule has 0 heterocycles. The van der Waals surface area contributed by atoms with E-state index >= 15 is 0 Å². The first-order valence-electron chi connectivity index (χ1n) is 7.23. The first-order valence-corrected chi connectivity index (χ1v) is 7.61. The van der Waals surface area contributed by atoms with E-state index in [-0.39, 0.29) is 11.9 Å². The van der Waals surface area contributed by atoms with Crippen LogP contribution in [0.25, 0.3) is 0 Å². The molecule has 0 saturated carbocycles. The summed E-state index contributed by atoms with van der Waals surface area (Å²) in [6.45, 7) is 3.58. The molecule has 2 aromatic carbocycles. The lowest BCUT2D eigenvalue weighted by Gasteiger charge is -2.17. The van der Waals surface area contributed by atoms with Crippen molar-refractivity contribution in [3.05, 3.63) is 64.7 Å². The Bertz CT molecular complexity index is 709. The fourth-order valence-electron chi connectivity index (χ4n) is 2.25. The third-order valence-corrected chi connectivity index (χ3v) is 3.79. The minimum atomic E-state index is -0.890. The SMILES string of the molecule is C[C@H]([NH2+][C@H](C)c1ccc(F)c(F)c1)C(=O)Nc1cccc(Cl)c1. The molecule has 0 spiro atoms. The summed E-state index contributed by atoms with van der Waals surface area (Å²) in [5.41, 5.74) is 1.23. The van der Waals surface area contributed by atoms with Crippen molar-refractivity contribution >= 4 is 23.2 Å². The van der Waals surface area contributed by atoms with Crippen LogP contribution >= 0.6 is 11.6 Å². The molecule has 0 aliphatic heterocycles. The molecule has 0 aliphatic rings. The smallest absolute Gasteiger partial charge is 0.282 e. The average molecular weight is 340 g/mol. The molecule has 3 N–H and O–H groups in total. The van der Waals surface area contributed by atoms with Crippen LogP contribution in [-0.2, 0) is 4.79 Å². The number of quaternary nitrogens is 1. The fraction of sp³-hybridized carbons (Fsp3) is 0.235. The summed E-state index contributed by atoms with van der Waals surface area (Å²) in [6, 6.07) is 10.0. The number of carbonyl (C=O) groups excluding carboxylic acids is 1. The van der Waals surface area contributed by atoms with Crippen molar-refractivity contribution in [2.45, 2.75) is 25.9 Å². The Hall–Kier alpha value is -1.98. The van der Waals surface area contributed by atoms with Crippen LogP contribution in [0.1, 0.15) is 25.5 Å². The summed E-state index contributed by atoms with van der Waals surface area (Å²) in [7, 11) is 0. The van der Waals surface area contributed by atoms with Crippen molar-refractivity contribution in [2.75, 3.05) is 5.32 Å². The van der Waals surface area contributed by atoms with Gasteiger partial charge in [-0.25, -0.2) is 8.78 Å². The predicted octanol–water partition coefficient (Wildman–Crippen LogP) is 3.27. The van der Waals surface area contributed by atoms with Crippen LogP contribution in [0.3, 0.4) is 0 Å².